The van der Waals surface area contributed by atoms with Crippen LogP contribution in [0.3, 0.4) is 0 Å². The van der Waals surface area contributed by atoms with Crippen LogP contribution >= 0.6 is 0 Å². The van der Waals surface area contributed by atoms with Crippen molar-refractivity contribution in [3.8, 4) is 23.3 Å². The minimum atomic E-state index is -0.506. The molecule has 0 amide bonds. The number of benzene rings is 2. The molecule has 2 nitrogen and oxygen atoms in total. The summed E-state index contributed by atoms with van der Waals surface area (Å²) in [6.45, 7) is 0. The van der Waals surface area contributed by atoms with Crippen LogP contribution < -0.4 is 0 Å². The fourth-order valence-electron chi connectivity index (χ4n) is 1.85. The van der Waals surface area contributed by atoms with Crippen LogP contribution in [0.25, 0.3) is 11.1 Å². The van der Waals surface area contributed by atoms with Gasteiger partial charge in [-0.25, -0.2) is 4.39 Å². The first-order valence-electron chi connectivity index (χ1n) is 5.90. The third kappa shape index (κ3) is 2.97. The molecule has 92 valence electrons. The summed E-state index contributed by atoms with van der Waals surface area (Å²) in [4.78, 5) is 0. The van der Waals surface area contributed by atoms with Crippen molar-refractivity contribution >= 4 is 0 Å². The van der Waals surface area contributed by atoms with Crippen LogP contribution in [0.1, 0.15) is 17.5 Å². The van der Waals surface area contributed by atoms with Crippen molar-refractivity contribution in [2.75, 3.05) is 0 Å². The highest BCUT2D eigenvalue weighted by molar-refractivity contribution is 5.64. The normalized spacial score (nSPS) is 9.63. The summed E-state index contributed by atoms with van der Waals surface area (Å²) in [5, 5.41) is 17.2. The van der Waals surface area contributed by atoms with Gasteiger partial charge in [0.1, 0.15) is 11.9 Å². The van der Waals surface area contributed by atoms with E-state index in [9.17, 15) is 4.39 Å². The first kappa shape index (κ1) is 12.8. The topological polar surface area (TPSA) is 47.6 Å². The number of hydrogen-bond donors (Lipinski definition) is 0. The van der Waals surface area contributed by atoms with Gasteiger partial charge in [-0.15, -0.1) is 0 Å². The lowest BCUT2D eigenvalue weighted by atomic mass is 10.0. The number of halogens is 1. The van der Waals surface area contributed by atoms with E-state index in [-0.39, 0.29) is 5.56 Å². The molecular weight excluding hydrogens is 239 g/mol. The van der Waals surface area contributed by atoms with Gasteiger partial charge >= 0.3 is 0 Å². The molecule has 2 aromatic rings. The van der Waals surface area contributed by atoms with Crippen LogP contribution in [-0.4, -0.2) is 0 Å². The van der Waals surface area contributed by atoms with Gasteiger partial charge in [0.2, 0.25) is 0 Å². The van der Waals surface area contributed by atoms with Gasteiger partial charge in [-0.2, -0.15) is 10.5 Å². The first-order valence-corrected chi connectivity index (χ1v) is 5.90. The minimum absolute atomic E-state index is 0.0504. The average molecular weight is 250 g/mol. The summed E-state index contributed by atoms with van der Waals surface area (Å²) >= 11 is 0. The Labute approximate surface area is 111 Å². The van der Waals surface area contributed by atoms with Gasteiger partial charge in [0.15, 0.2) is 0 Å². The maximum atomic E-state index is 13.5. The van der Waals surface area contributed by atoms with E-state index in [1.54, 1.807) is 12.1 Å². The van der Waals surface area contributed by atoms with E-state index in [4.69, 9.17) is 10.5 Å². The Bertz CT molecular complexity index is 661. The number of rotatable bonds is 3. The predicted octanol–water partition coefficient (Wildman–Crippen LogP) is 3.82. The van der Waals surface area contributed by atoms with Gasteiger partial charge in [0.25, 0.3) is 0 Å². The standard InChI is InChI=1S/C16H11FN2/c17-16-10-14(7-8-15(16)11-19)13-5-3-12(4-6-13)2-1-9-18/h3-8,10H,1-2H2. The van der Waals surface area contributed by atoms with Crippen molar-refractivity contribution in [3.63, 3.8) is 0 Å². The second-order valence-corrected chi connectivity index (χ2v) is 4.16. The largest absolute Gasteiger partial charge is 0.206 e. The lowest BCUT2D eigenvalue weighted by Crippen LogP contribution is -1.87. The molecule has 0 bridgehead atoms. The zero-order valence-corrected chi connectivity index (χ0v) is 10.2. The summed E-state index contributed by atoms with van der Waals surface area (Å²) in [7, 11) is 0. The van der Waals surface area contributed by atoms with Crippen LogP contribution in [0.2, 0.25) is 0 Å². The van der Waals surface area contributed by atoms with Crippen LogP contribution in [0.15, 0.2) is 42.5 Å². The van der Waals surface area contributed by atoms with Crippen molar-refractivity contribution in [3.05, 3.63) is 59.4 Å². The van der Waals surface area contributed by atoms with Gasteiger partial charge in [0, 0.05) is 6.42 Å². The summed E-state index contributed by atoms with van der Waals surface area (Å²) in [6, 6.07) is 16.1. The van der Waals surface area contributed by atoms with Crippen LogP contribution in [0.4, 0.5) is 4.39 Å². The Morgan fingerprint density at radius 3 is 2.21 bits per heavy atom. The number of aryl methyl sites for hydroxylation is 1. The average Bonchev–Trinajstić information content (AvgIpc) is 2.45. The monoisotopic (exact) mass is 250 g/mol. The highest BCUT2D eigenvalue weighted by atomic mass is 19.1. The van der Waals surface area contributed by atoms with Gasteiger partial charge in [-0.05, 0) is 35.2 Å². The number of hydrogen-bond acceptors (Lipinski definition) is 2. The number of nitrogens with zero attached hydrogens (tertiary/aromatic N) is 2. The van der Waals surface area contributed by atoms with Gasteiger partial charge in [-0.3, -0.25) is 0 Å². The molecule has 0 N–H and O–H groups in total. The van der Waals surface area contributed by atoms with Crippen molar-refractivity contribution in [1.29, 1.82) is 10.5 Å². The zero-order chi connectivity index (χ0) is 13.7. The molecule has 0 saturated heterocycles. The fourth-order valence-corrected chi connectivity index (χ4v) is 1.85. The second-order valence-electron chi connectivity index (χ2n) is 4.16. The molecule has 3 heteroatoms. The first-order chi connectivity index (χ1) is 9.24. The van der Waals surface area contributed by atoms with E-state index in [2.05, 4.69) is 6.07 Å². The van der Waals surface area contributed by atoms with Crippen molar-refractivity contribution in [1.82, 2.24) is 0 Å². The summed E-state index contributed by atoms with van der Waals surface area (Å²) in [5.74, 6) is -0.506. The van der Waals surface area contributed by atoms with E-state index < -0.39 is 5.82 Å². The quantitative estimate of drug-likeness (QED) is 0.831. The summed E-state index contributed by atoms with van der Waals surface area (Å²) in [6.07, 6.45) is 1.21. The van der Waals surface area contributed by atoms with E-state index >= 15 is 0 Å². The molecule has 2 aromatic carbocycles. The van der Waals surface area contributed by atoms with Gasteiger partial charge in [0.05, 0.1) is 11.6 Å². The molecular formula is C16H11FN2. The molecule has 19 heavy (non-hydrogen) atoms. The molecule has 0 aliphatic heterocycles. The minimum Gasteiger partial charge on any atom is -0.206 e. The lowest BCUT2D eigenvalue weighted by molar-refractivity contribution is 0.624. The Hall–Kier alpha value is -2.65. The third-order valence-electron chi connectivity index (χ3n) is 2.90. The molecule has 0 aliphatic rings. The smallest absolute Gasteiger partial charge is 0.141 e. The summed E-state index contributed by atoms with van der Waals surface area (Å²) in [5.41, 5.74) is 2.77. The predicted molar refractivity (Wildman–Crippen MR) is 70.5 cm³/mol. The van der Waals surface area contributed by atoms with E-state index in [1.807, 2.05) is 24.3 Å². The van der Waals surface area contributed by atoms with Gasteiger partial charge < -0.3 is 0 Å². The third-order valence-corrected chi connectivity index (χ3v) is 2.90. The highest BCUT2D eigenvalue weighted by Gasteiger charge is 2.04. The molecule has 0 radical (unpaired) electrons. The molecule has 0 aliphatic carbocycles. The molecule has 0 unspecified atom stereocenters. The highest BCUT2D eigenvalue weighted by Crippen LogP contribution is 2.22. The van der Waals surface area contributed by atoms with E-state index in [0.717, 1.165) is 23.1 Å². The molecule has 0 heterocycles. The number of nitriles is 2. The van der Waals surface area contributed by atoms with Crippen molar-refractivity contribution < 1.29 is 4.39 Å². The van der Waals surface area contributed by atoms with E-state index in [0.29, 0.717) is 6.42 Å². The maximum Gasteiger partial charge on any atom is 0.141 e. The molecule has 0 aromatic heterocycles. The Morgan fingerprint density at radius 1 is 0.947 bits per heavy atom. The molecule has 2 rings (SSSR count). The van der Waals surface area contributed by atoms with E-state index in [1.165, 1.54) is 12.1 Å². The van der Waals surface area contributed by atoms with Crippen LogP contribution in [-0.2, 0) is 6.42 Å². The Kier molecular flexibility index (Phi) is 3.90. The van der Waals surface area contributed by atoms with Crippen LogP contribution in [0, 0.1) is 28.5 Å². The second kappa shape index (κ2) is 5.80. The molecule has 0 atom stereocenters. The molecule has 0 fully saturated rings. The van der Waals surface area contributed by atoms with Crippen molar-refractivity contribution in [2.45, 2.75) is 12.8 Å². The SMILES string of the molecule is N#CCCc1ccc(-c2ccc(C#N)c(F)c2)cc1. The molecule has 0 saturated carbocycles. The Balaban J connectivity index is 2.25. The Morgan fingerprint density at radius 2 is 1.63 bits per heavy atom. The zero-order valence-electron chi connectivity index (χ0n) is 10.2. The lowest BCUT2D eigenvalue weighted by Gasteiger charge is -2.04. The fraction of sp³-hybridized carbons (Fsp3) is 0.125. The van der Waals surface area contributed by atoms with Crippen LogP contribution in [0.5, 0.6) is 0 Å². The maximum absolute atomic E-state index is 13.5. The van der Waals surface area contributed by atoms with Gasteiger partial charge in [-0.1, -0.05) is 30.3 Å². The summed E-state index contributed by atoms with van der Waals surface area (Å²) < 4.78 is 13.5. The van der Waals surface area contributed by atoms with Crippen molar-refractivity contribution in [2.24, 2.45) is 0 Å². The molecule has 0 spiro atoms.